The van der Waals surface area contributed by atoms with Crippen LogP contribution in [0.4, 0.5) is 24.5 Å². The average molecular weight is 232 g/mol. The Hall–Kier alpha value is -1.39. The van der Waals surface area contributed by atoms with Gasteiger partial charge in [0.1, 0.15) is 0 Å². The topological polar surface area (TPSA) is 38.0 Å². The lowest BCUT2D eigenvalue weighted by Crippen LogP contribution is -2.11. The fourth-order valence-electron chi connectivity index (χ4n) is 1.34. The van der Waals surface area contributed by atoms with Gasteiger partial charge in [0.2, 0.25) is 0 Å². The third-order valence-corrected chi connectivity index (χ3v) is 2.21. The molecule has 1 rings (SSSR count). The summed E-state index contributed by atoms with van der Waals surface area (Å²) in [4.78, 5) is 0. The van der Waals surface area contributed by atoms with Crippen LogP contribution < -0.4 is 11.1 Å². The van der Waals surface area contributed by atoms with Gasteiger partial charge in [0, 0.05) is 24.3 Å². The number of nitrogen functional groups attached to an aromatic ring is 1. The number of rotatable bonds is 4. The van der Waals surface area contributed by atoms with Gasteiger partial charge in [-0.05, 0) is 31.0 Å². The molecular formula is C11H15F3N2. The van der Waals surface area contributed by atoms with E-state index in [1.54, 1.807) is 12.1 Å². The van der Waals surface area contributed by atoms with Crippen molar-refractivity contribution in [3.63, 3.8) is 0 Å². The zero-order valence-electron chi connectivity index (χ0n) is 9.06. The standard InChI is InChI=1S/C11H15F3N2/c1-8-3-4-9(15)7-10(8)16-6-2-5-11(12,13)14/h3-4,7,16H,2,5-6,15H2,1H3. The Bertz CT molecular complexity index is 348. The number of nitrogens with two attached hydrogens (primary N) is 1. The molecule has 0 amide bonds. The highest BCUT2D eigenvalue weighted by Crippen LogP contribution is 2.22. The van der Waals surface area contributed by atoms with E-state index < -0.39 is 12.6 Å². The molecule has 0 spiro atoms. The minimum atomic E-state index is -4.08. The Morgan fingerprint density at radius 1 is 1.31 bits per heavy atom. The second kappa shape index (κ2) is 5.09. The fourth-order valence-corrected chi connectivity index (χ4v) is 1.34. The lowest BCUT2D eigenvalue weighted by atomic mass is 10.2. The first-order valence-electron chi connectivity index (χ1n) is 5.05. The average Bonchev–Trinajstić information content (AvgIpc) is 2.16. The molecule has 0 heterocycles. The third-order valence-electron chi connectivity index (χ3n) is 2.21. The summed E-state index contributed by atoms with van der Waals surface area (Å²) in [5.41, 5.74) is 7.95. The van der Waals surface area contributed by atoms with Crippen LogP contribution in [0.15, 0.2) is 18.2 Å². The minimum absolute atomic E-state index is 0.0672. The highest BCUT2D eigenvalue weighted by molar-refractivity contribution is 5.59. The fraction of sp³-hybridized carbons (Fsp3) is 0.455. The Kier molecular flexibility index (Phi) is 4.04. The summed E-state index contributed by atoms with van der Waals surface area (Å²) in [6.07, 6.45) is -4.77. The van der Waals surface area contributed by atoms with Gasteiger partial charge in [0.05, 0.1) is 0 Å². The number of hydrogen-bond donors (Lipinski definition) is 2. The number of nitrogens with one attached hydrogen (secondary N) is 1. The van der Waals surface area contributed by atoms with Gasteiger partial charge in [-0.1, -0.05) is 6.07 Å². The molecule has 0 aliphatic rings. The summed E-state index contributed by atoms with van der Waals surface area (Å²) in [5, 5.41) is 2.95. The normalized spacial score (nSPS) is 11.5. The maximum Gasteiger partial charge on any atom is 0.389 e. The van der Waals surface area contributed by atoms with E-state index in [9.17, 15) is 13.2 Å². The van der Waals surface area contributed by atoms with Gasteiger partial charge in [0.25, 0.3) is 0 Å². The third kappa shape index (κ3) is 4.42. The zero-order chi connectivity index (χ0) is 12.2. The van der Waals surface area contributed by atoms with Gasteiger partial charge in [-0.2, -0.15) is 13.2 Å². The van der Waals surface area contributed by atoms with Crippen LogP contribution in [0, 0.1) is 6.92 Å². The summed E-state index contributed by atoms with van der Waals surface area (Å²) in [5.74, 6) is 0. The highest BCUT2D eigenvalue weighted by atomic mass is 19.4. The van der Waals surface area contributed by atoms with Crippen LogP contribution in [0.25, 0.3) is 0 Å². The largest absolute Gasteiger partial charge is 0.399 e. The maximum atomic E-state index is 11.9. The van der Waals surface area contributed by atoms with E-state index in [2.05, 4.69) is 5.32 Å². The lowest BCUT2D eigenvalue weighted by molar-refractivity contribution is -0.134. The number of alkyl halides is 3. The predicted molar refractivity (Wildman–Crippen MR) is 59.4 cm³/mol. The first kappa shape index (κ1) is 12.7. The SMILES string of the molecule is Cc1ccc(N)cc1NCCCC(F)(F)F. The number of anilines is 2. The van der Waals surface area contributed by atoms with E-state index in [0.717, 1.165) is 11.3 Å². The number of benzene rings is 1. The Balaban J connectivity index is 2.40. The molecule has 2 nitrogen and oxygen atoms in total. The van der Waals surface area contributed by atoms with Crippen LogP contribution >= 0.6 is 0 Å². The summed E-state index contributed by atoms with van der Waals surface area (Å²) < 4.78 is 35.6. The van der Waals surface area contributed by atoms with Crippen molar-refractivity contribution in [2.24, 2.45) is 0 Å². The van der Waals surface area contributed by atoms with Crippen molar-refractivity contribution in [1.29, 1.82) is 0 Å². The van der Waals surface area contributed by atoms with E-state index in [1.165, 1.54) is 0 Å². The molecule has 0 bridgehead atoms. The van der Waals surface area contributed by atoms with Crippen molar-refractivity contribution < 1.29 is 13.2 Å². The molecule has 0 aliphatic heterocycles. The Morgan fingerprint density at radius 3 is 2.62 bits per heavy atom. The van der Waals surface area contributed by atoms with Crippen LogP contribution in [0.2, 0.25) is 0 Å². The quantitative estimate of drug-likeness (QED) is 0.617. The van der Waals surface area contributed by atoms with Gasteiger partial charge in [-0.15, -0.1) is 0 Å². The summed E-state index contributed by atoms with van der Waals surface area (Å²) >= 11 is 0. The number of hydrogen-bond acceptors (Lipinski definition) is 2. The molecule has 90 valence electrons. The van der Waals surface area contributed by atoms with Crippen LogP contribution in [0.1, 0.15) is 18.4 Å². The molecule has 1 aromatic carbocycles. The second-order valence-corrected chi connectivity index (χ2v) is 3.72. The van der Waals surface area contributed by atoms with Crippen molar-refractivity contribution in [1.82, 2.24) is 0 Å². The molecule has 0 saturated carbocycles. The van der Waals surface area contributed by atoms with E-state index in [4.69, 9.17) is 5.73 Å². The smallest absolute Gasteiger partial charge is 0.389 e. The first-order valence-corrected chi connectivity index (χ1v) is 5.05. The zero-order valence-corrected chi connectivity index (χ0v) is 9.06. The molecule has 0 aliphatic carbocycles. The van der Waals surface area contributed by atoms with E-state index in [-0.39, 0.29) is 6.42 Å². The summed E-state index contributed by atoms with van der Waals surface area (Å²) in [6.45, 7) is 2.18. The van der Waals surface area contributed by atoms with Crippen molar-refractivity contribution in [3.8, 4) is 0 Å². The van der Waals surface area contributed by atoms with Gasteiger partial charge in [0.15, 0.2) is 0 Å². The molecule has 0 saturated heterocycles. The van der Waals surface area contributed by atoms with E-state index >= 15 is 0 Å². The van der Waals surface area contributed by atoms with Crippen LogP contribution in [-0.4, -0.2) is 12.7 Å². The molecule has 16 heavy (non-hydrogen) atoms. The Morgan fingerprint density at radius 2 is 2.00 bits per heavy atom. The van der Waals surface area contributed by atoms with Gasteiger partial charge < -0.3 is 11.1 Å². The van der Waals surface area contributed by atoms with Gasteiger partial charge in [-0.3, -0.25) is 0 Å². The van der Waals surface area contributed by atoms with E-state index in [0.29, 0.717) is 12.2 Å². The first-order chi connectivity index (χ1) is 7.38. The molecule has 0 radical (unpaired) electrons. The predicted octanol–water partition coefficient (Wildman–Crippen LogP) is 3.33. The second-order valence-electron chi connectivity index (χ2n) is 3.72. The molecule has 0 unspecified atom stereocenters. The molecule has 0 atom stereocenters. The van der Waals surface area contributed by atoms with Crippen molar-refractivity contribution >= 4 is 11.4 Å². The molecule has 1 aromatic rings. The van der Waals surface area contributed by atoms with Crippen molar-refractivity contribution in [2.45, 2.75) is 25.9 Å². The summed E-state index contributed by atoms with van der Waals surface area (Å²) in [6, 6.07) is 5.32. The monoisotopic (exact) mass is 232 g/mol. The van der Waals surface area contributed by atoms with Crippen LogP contribution in [0.5, 0.6) is 0 Å². The Labute approximate surface area is 92.6 Å². The van der Waals surface area contributed by atoms with Gasteiger partial charge in [-0.25, -0.2) is 0 Å². The molecule has 5 heteroatoms. The van der Waals surface area contributed by atoms with Gasteiger partial charge >= 0.3 is 6.18 Å². The number of halogens is 3. The lowest BCUT2D eigenvalue weighted by Gasteiger charge is -2.11. The number of aryl methyl sites for hydroxylation is 1. The minimum Gasteiger partial charge on any atom is -0.399 e. The summed E-state index contributed by atoms with van der Waals surface area (Å²) in [7, 11) is 0. The van der Waals surface area contributed by atoms with Crippen LogP contribution in [-0.2, 0) is 0 Å². The molecule has 3 N–H and O–H groups in total. The highest BCUT2D eigenvalue weighted by Gasteiger charge is 2.25. The van der Waals surface area contributed by atoms with Crippen molar-refractivity contribution in [2.75, 3.05) is 17.6 Å². The van der Waals surface area contributed by atoms with Crippen LogP contribution in [0.3, 0.4) is 0 Å². The van der Waals surface area contributed by atoms with E-state index in [1.807, 2.05) is 13.0 Å². The molecule has 0 fully saturated rings. The van der Waals surface area contributed by atoms with Crippen molar-refractivity contribution in [3.05, 3.63) is 23.8 Å². The maximum absolute atomic E-state index is 11.9. The molecular weight excluding hydrogens is 217 g/mol. The molecule has 0 aromatic heterocycles.